The summed E-state index contributed by atoms with van der Waals surface area (Å²) in [5.74, 6) is 0. The van der Waals surface area contributed by atoms with Gasteiger partial charge < -0.3 is 9.33 Å². The summed E-state index contributed by atoms with van der Waals surface area (Å²) in [5, 5.41) is 0. The van der Waals surface area contributed by atoms with Gasteiger partial charge in [-0.25, -0.2) is 0 Å². The van der Waals surface area contributed by atoms with Crippen LogP contribution in [0.5, 0.6) is 0 Å². The van der Waals surface area contributed by atoms with Crippen molar-refractivity contribution in [3.8, 4) is 0 Å². The maximum atomic E-state index is 5.35. The van der Waals surface area contributed by atoms with Crippen molar-refractivity contribution in [2.75, 3.05) is 19.7 Å². The van der Waals surface area contributed by atoms with Gasteiger partial charge in [-0.3, -0.25) is 0 Å². The Hall–Kier alpha value is -0.283. The van der Waals surface area contributed by atoms with Crippen LogP contribution in [-0.4, -0.2) is 34.4 Å². The third-order valence-electron chi connectivity index (χ3n) is 2.13. The van der Waals surface area contributed by atoms with Crippen LogP contribution in [0.3, 0.4) is 0 Å². The number of nitrogens with zero attached hydrogens (tertiary/aromatic N) is 1. The summed E-state index contributed by atoms with van der Waals surface area (Å²) in [5.41, 5.74) is 2.24. The number of hydrogen-bond donors (Lipinski definition) is 0. The SMILES string of the molecule is CCO[SiH2]C=CN1CCCCC1. The minimum atomic E-state index is -0.356. The van der Waals surface area contributed by atoms with Crippen LogP contribution in [0, 0.1) is 0 Å². The molecule has 3 heteroatoms. The molecular weight excluding hydrogens is 166 g/mol. The fourth-order valence-corrected chi connectivity index (χ4v) is 2.20. The van der Waals surface area contributed by atoms with Crippen molar-refractivity contribution in [3.63, 3.8) is 0 Å². The molecule has 0 aromatic heterocycles. The lowest BCUT2D eigenvalue weighted by Crippen LogP contribution is -2.24. The van der Waals surface area contributed by atoms with E-state index in [-0.39, 0.29) is 9.76 Å². The molecule has 12 heavy (non-hydrogen) atoms. The van der Waals surface area contributed by atoms with Gasteiger partial charge in [-0.05, 0) is 32.4 Å². The Morgan fingerprint density at radius 2 is 2.08 bits per heavy atom. The van der Waals surface area contributed by atoms with Gasteiger partial charge in [0.25, 0.3) is 0 Å². The predicted molar refractivity (Wildman–Crippen MR) is 54.7 cm³/mol. The molecule has 0 radical (unpaired) electrons. The van der Waals surface area contributed by atoms with Crippen molar-refractivity contribution in [1.29, 1.82) is 0 Å². The van der Waals surface area contributed by atoms with E-state index in [0.29, 0.717) is 0 Å². The fourth-order valence-electron chi connectivity index (χ4n) is 1.45. The van der Waals surface area contributed by atoms with Crippen molar-refractivity contribution >= 4 is 9.76 Å². The van der Waals surface area contributed by atoms with Crippen LogP contribution in [0.4, 0.5) is 0 Å². The molecule has 0 aliphatic carbocycles. The number of likely N-dealkylation sites (tertiary alicyclic amines) is 1. The first-order valence-corrected chi connectivity index (χ1v) is 6.31. The third-order valence-corrected chi connectivity index (χ3v) is 3.17. The highest BCUT2D eigenvalue weighted by atomic mass is 28.2. The largest absolute Gasteiger partial charge is 0.419 e. The molecule has 0 bridgehead atoms. The molecule has 1 rings (SSSR count). The van der Waals surface area contributed by atoms with Gasteiger partial charge in [0.2, 0.25) is 0 Å². The highest BCUT2D eigenvalue weighted by molar-refractivity contribution is 6.34. The van der Waals surface area contributed by atoms with Crippen LogP contribution >= 0.6 is 0 Å². The lowest BCUT2D eigenvalue weighted by atomic mass is 10.1. The first kappa shape index (κ1) is 9.80. The summed E-state index contributed by atoms with van der Waals surface area (Å²) in [6.07, 6.45) is 6.37. The molecule has 0 atom stereocenters. The van der Waals surface area contributed by atoms with E-state index in [9.17, 15) is 0 Å². The lowest BCUT2D eigenvalue weighted by molar-refractivity contribution is 0.309. The van der Waals surface area contributed by atoms with Gasteiger partial charge in [0.15, 0.2) is 9.76 Å². The molecule has 0 amide bonds. The second-order valence-electron chi connectivity index (χ2n) is 3.14. The molecule has 0 N–H and O–H groups in total. The van der Waals surface area contributed by atoms with Crippen LogP contribution in [-0.2, 0) is 4.43 Å². The summed E-state index contributed by atoms with van der Waals surface area (Å²) >= 11 is 0. The molecule has 1 aliphatic rings. The van der Waals surface area contributed by atoms with Crippen LogP contribution in [0.1, 0.15) is 26.2 Å². The molecule has 2 nitrogen and oxygen atoms in total. The second-order valence-corrected chi connectivity index (χ2v) is 4.35. The van der Waals surface area contributed by atoms with Crippen molar-refractivity contribution in [3.05, 3.63) is 11.9 Å². The highest BCUT2D eigenvalue weighted by Crippen LogP contribution is 2.08. The molecule has 0 spiro atoms. The normalized spacial score (nSPS) is 19.9. The van der Waals surface area contributed by atoms with Crippen LogP contribution in [0.15, 0.2) is 11.9 Å². The van der Waals surface area contributed by atoms with Gasteiger partial charge in [0.1, 0.15) is 0 Å². The maximum absolute atomic E-state index is 5.35. The number of rotatable bonds is 4. The van der Waals surface area contributed by atoms with Crippen molar-refractivity contribution in [2.45, 2.75) is 26.2 Å². The standard InChI is InChI=1S/C9H19NOSi/c1-2-11-12-9-8-10-6-4-3-5-7-10/h8-9H,2-7,12H2,1H3. The number of hydrogen-bond acceptors (Lipinski definition) is 2. The minimum Gasteiger partial charge on any atom is -0.419 e. The van der Waals surface area contributed by atoms with E-state index >= 15 is 0 Å². The van der Waals surface area contributed by atoms with Gasteiger partial charge in [0, 0.05) is 19.7 Å². The molecule has 0 aromatic rings. The molecule has 70 valence electrons. The Morgan fingerprint density at radius 1 is 1.33 bits per heavy atom. The van der Waals surface area contributed by atoms with E-state index in [1.54, 1.807) is 0 Å². The average molecular weight is 185 g/mol. The molecule has 0 saturated carbocycles. The summed E-state index contributed by atoms with van der Waals surface area (Å²) in [6.45, 7) is 5.42. The monoisotopic (exact) mass is 185 g/mol. The second kappa shape index (κ2) is 6.26. The van der Waals surface area contributed by atoms with Crippen LogP contribution < -0.4 is 0 Å². The molecule has 0 aromatic carbocycles. The minimum absolute atomic E-state index is 0.356. The summed E-state index contributed by atoms with van der Waals surface area (Å²) in [7, 11) is -0.356. The third kappa shape index (κ3) is 3.92. The molecule has 0 unspecified atom stereocenters. The zero-order valence-corrected chi connectivity index (χ0v) is 9.37. The van der Waals surface area contributed by atoms with E-state index < -0.39 is 0 Å². The van der Waals surface area contributed by atoms with Crippen LogP contribution in [0.25, 0.3) is 0 Å². The van der Waals surface area contributed by atoms with Gasteiger partial charge in [-0.1, -0.05) is 5.70 Å². The Kier molecular flexibility index (Phi) is 5.11. The van der Waals surface area contributed by atoms with Gasteiger partial charge >= 0.3 is 0 Å². The van der Waals surface area contributed by atoms with Gasteiger partial charge in [-0.15, -0.1) is 0 Å². The first-order valence-electron chi connectivity index (χ1n) is 4.92. The first-order chi connectivity index (χ1) is 5.93. The lowest BCUT2D eigenvalue weighted by Gasteiger charge is -2.24. The van der Waals surface area contributed by atoms with E-state index in [4.69, 9.17) is 4.43 Å². The van der Waals surface area contributed by atoms with Crippen LogP contribution in [0.2, 0.25) is 0 Å². The molecule has 1 fully saturated rings. The Labute approximate surface area is 77.5 Å². The zero-order chi connectivity index (χ0) is 8.65. The van der Waals surface area contributed by atoms with E-state index in [0.717, 1.165) is 6.61 Å². The maximum Gasteiger partial charge on any atom is 0.186 e. The highest BCUT2D eigenvalue weighted by Gasteiger charge is 2.04. The van der Waals surface area contributed by atoms with Gasteiger partial charge in [0.05, 0.1) is 0 Å². The Balaban J connectivity index is 2.07. The molecular formula is C9H19NOSi. The Morgan fingerprint density at radius 3 is 2.75 bits per heavy atom. The van der Waals surface area contributed by atoms with Crippen molar-refractivity contribution in [2.24, 2.45) is 0 Å². The number of piperidine rings is 1. The molecule has 1 aliphatic heterocycles. The quantitative estimate of drug-likeness (QED) is 0.480. The van der Waals surface area contributed by atoms with E-state index in [2.05, 4.69) is 23.7 Å². The van der Waals surface area contributed by atoms with Crippen molar-refractivity contribution in [1.82, 2.24) is 4.90 Å². The topological polar surface area (TPSA) is 12.5 Å². The van der Waals surface area contributed by atoms with E-state index in [1.165, 1.54) is 32.4 Å². The molecule has 1 heterocycles. The fraction of sp³-hybridized carbons (Fsp3) is 0.778. The van der Waals surface area contributed by atoms with Gasteiger partial charge in [-0.2, -0.15) is 0 Å². The summed E-state index contributed by atoms with van der Waals surface area (Å²) < 4.78 is 5.35. The molecule has 1 saturated heterocycles. The average Bonchev–Trinajstić information content (AvgIpc) is 2.14. The zero-order valence-electron chi connectivity index (χ0n) is 7.96. The van der Waals surface area contributed by atoms with E-state index in [1.807, 2.05) is 0 Å². The smallest absolute Gasteiger partial charge is 0.186 e. The van der Waals surface area contributed by atoms with Crippen molar-refractivity contribution < 1.29 is 4.43 Å². The summed E-state index contributed by atoms with van der Waals surface area (Å²) in [4.78, 5) is 2.41. The Bertz CT molecular complexity index is 132. The predicted octanol–water partition coefficient (Wildman–Crippen LogP) is 1.06. The summed E-state index contributed by atoms with van der Waals surface area (Å²) in [6, 6.07) is 0.